The molecule has 0 aromatic heterocycles. The van der Waals surface area contributed by atoms with Crippen LogP contribution in [-0.2, 0) is 9.53 Å². The van der Waals surface area contributed by atoms with Crippen molar-refractivity contribution in [3.05, 3.63) is 29.8 Å². The van der Waals surface area contributed by atoms with E-state index < -0.39 is 23.7 Å². The molecule has 0 fully saturated rings. The van der Waals surface area contributed by atoms with Crippen molar-refractivity contribution in [1.82, 2.24) is 5.32 Å². The molecule has 0 bridgehead atoms. The van der Waals surface area contributed by atoms with E-state index in [0.717, 1.165) is 11.3 Å². The van der Waals surface area contributed by atoms with E-state index in [2.05, 4.69) is 5.32 Å². The number of benzene rings is 1. The summed E-state index contributed by atoms with van der Waals surface area (Å²) in [6.45, 7) is 5.26. The lowest BCUT2D eigenvalue weighted by Gasteiger charge is -2.23. The highest BCUT2D eigenvalue weighted by Crippen LogP contribution is 2.21. The number of aliphatic carboxylic acids is 1. The predicted octanol–water partition coefficient (Wildman–Crippen LogP) is 2.79. The molecule has 1 amide bonds. The fourth-order valence-electron chi connectivity index (χ4n) is 1.88. The van der Waals surface area contributed by atoms with Crippen molar-refractivity contribution in [2.75, 3.05) is 19.0 Å². The number of carbonyl (C=O) groups excluding carboxylic acids is 1. The maximum Gasteiger partial charge on any atom is 0.408 e. The number of carboxylic acid groups (broad SMARTS) is 1. The Bertz CT molecular complexity index is 518. The van der Waals surface area contributed by atoms with E-state index in [9.17, 15) is 9.59 Å². The first-order chi connectivity index (χ1) is 10.1. The molecule has 6 heteroatoms. The van der Waals surface area contributed by atoms with Crippen LogP contribution in [0.25, 0.3) is 0 Å². The van der Waals surface area contributed by atoms with Crippen molar-refractivity contribution in [1.29, 1.82) is 0 Å². The first kappa shape index (κ1) is 17.8. The number of hydrogen-bond donors (Lipinski definition) is 2. The van der Waals surface area contributed by atoms with Crippen LogP contribution in [0.3, 0.4) is 0 Å². The molecule has 1 aromatic carbocycles. The van der Waals surface area contributed by atoms with Crippen LogP contribution < -0.4 is 10.2 Å². The van der Waals surface area contributed by atoms with Gasteiger partial charge in [0.15, 0.2) is 0 Å². The van der Waals surface area contributed by atoms with E-state index in [1.807, 2.05) is 31.1 Å². The Morgan fingerprint density at radius 1 is 1.23 bits per heavy atom. The molecule has 0 saturated heterocycles. The van der Waals surface area contributed by atoms with Gasteiger partial charge in [0, 0.05) is 19.8 Å². The summed E-state index contributed by atoms with van der Waals surface area (Å²) in [7, 11) is 3.84. The maximum absolute atomic E-state index is 11.9. The minimum Gasteiger partial charge on any atom is -0.481 e. The SMILES string of the molecule is CN(C)c1ccc(C(CC(=O)O)NC(=O)OC(C)(C)C)cc1. The van der Waals surface area contributed by atoms with Crippen molar-refractivity contribution < 1.29 is 19.4 Å². The molecule has 1 rings (SSSR count). The normalized spacial score (nSPS) is 12.4. The summed E-state index contributed by atoms with van der Waals surface area (Å²) >= 11 is 0. The van der Waals surface area contributed by atoms with Gasteiger partial charge >= 0.3 is 12.1 Å². The van der Waals surface area contributed by atoms with Gasteiger partial charge in [0.25, 0.3) is 0 Å². The first-order valence-electron chi connectivity index (χ1n) is 7.07. The molecule has 0 heterocycles. The standard InChI is InChI=1S/C16H24N2O4/c1-16(2,3)22-15(21)17-13(10-14(19)20)11-6-8-12(9-7-11)18(4)5/h6-9,13H,10H2,1-5H3,(H,17,21)(H,19,20). The fraction of sp³-hybridized carbons (Fsp3) is 0.500. The van der Waals surface area contributed by atoms with Gasteiger partial charge in [-0.05, 0) is 38.5 Å². The Labute approximate surface area is 131 Å². The number of ether oxygens (including phenoxy) is 1. The van der Waals surface area contributed by atoms with Gasteiger partial charge in [-0.1, -0.05) is 12.1 Å². The number of carbonyl (C=O) groups is 2. The Morgan fingerprint density at radius 2 is 1.77 bits per heavy atom. The van der Waals surface area contributed by atoms with Gasteiger partial charge in [-0.3, -0.25) is 4.79 Å². The van der Waals surface area contributed by atoms with Crippen LogP contribution >= 0.6 is 0 Å². The third kappa shape index (κ3) is 6.03. The van der Waals surface area contributed by atoms with Crippen LogP contribution in [0.1, 0.15) is 38.8 Å². The molecule has 122 valence electrons. The largest absolute Gasteiger partial charge is 0.481 e. The van der Waals surface area contributed by atoms with Crippen molar-refractivity contribution in [2.24, 2.45) is 0 Å². The van der Waals surface area contributed by atoms with Crippen LogP contribution in [0.15, 0.2) is 24.3 Å². The predicted molar refractivity (Wildman–Crippen MR) is 85.1 cm³/mol. The van der Waals surface area contributed by atoms with E-state index in [-0.39, 0.29) is 6.42 Å². The lowest BCUT2D eigenvalue weighted by Crippen LogP contribution is -2.35. The molecule has 2 N–H and O–H groups in total. The number of carboxylic acids is 1. The molecule has 0 aliphatic rings. The number of nitrogens with one attached hydrogen (secondary N) is 1. The Balaban J connectivity index is 2.88. The van der Waals surface area contributed by atoms with Gasteiger partial charge in [0.2, 0.25) is 0 Å². The van der Waals surface area contributed by atoms with Crippen molar-refractivity contribution in [3.63, 3.8) is 0 Å². The van der Waals surface area contributed by atoms with Crippen LogP contribution in [0.5, 0.6) is 0 Å². The average Bonchev–Trinajstić information content (AvgIpc) is 2.35. The van der Waals surface area contributed by atoms with E-state index in [1.54, 1.807) is 32.9 Å². The highest BCUT2D eigenvalue weighted by atomic mass is 16.6. The number of nitrogens with zero attached hydrogens (tertiary/aromatic N) is 1. The second-order valence-electron chi connectivity index (χ2n) is 6.28. The third-order valence-electron chi connectivity index (χ3n) is 2.88. The second-order valence-corrected chi connectivity index (χ2v) is 6.28. The molecule has 0 aliphatic carbocycles. The van der Waals surface area contributed by atoms with E-state index >= 15 is 0 Å². The lowest BCUT2D eigenvalue weighted by molar-refractivity contribution is -0.137. The summed E-state index contributed by atoms with van der Waals surface area (Å²) in [4.78, 5) is 24.8. The van der Waals surface area contributed by atoms with Crippen LogP contribution in [0.4, 0.5) is 10.5 Å². The molecule has 0 saturated carbocycles. The fourth-order valence-corrected chi connectivity index (χ4v) is 1.88. The number of alkyl carbamates (subject to hydrolysis) is 1. The molecule has 22 heavy (non-hydrogen) atoms. The number of rotatable bonds is 5. The minimum atomic E-state index is -0.988. The molecule has 0 radical (unpaired) electrons. The van der Waals surface area contributed by atoms with Gasteiger partial charge in [-0.25, -0.2) is 4.79 Å². The number of anilines is 1. The zero-order valence-corrected chi connectivity index (χ0v) is 13.7. The van der Waals surface area contributed by atoms with Crippen LogP contribution in [0, 0.1) is 0 Å². The highest BCUT2D eigenvalue weighted by Gasteiger charge is 2.22. The number of amides is 1. The Hall–Kier alpha value is -2.24. The molecule has 0 spiro atoms. The average molecular weight is 308 g/mol. The summed E-state index contributed by atoms with van der Waals surface area (Å²) < 4.78 is 5.18. The van der Waals surface area contributed by atoms with Gasteiger partial charge in [-0.2, -0.15) is 0 Å². The summed E-state index contributed by atoms with van der Waals surface area (Å²) in [6, 6.07) is 6.73. The Kier molecular flexibility index (Phi) is 5.79. The molecule has 1 atom stereocenters. The Morgan fingerprint density at radius 3 is 2.18 bits per heavy atom. The summed E-state index contributed by atoms with van der Waals surface area (Å²) in [6.07, 6.45) is -0.837. The topological polar surface area (TPSA) is 78.9 Å². The molecule has 1 unspecified atom stereocenters. The van der Waals surface area contributed by atoms with Gasteiger partial charge < -0.3 is 20.1 Å². The molecule has 0 aliphatic heterocycles. The molecule has 6 nitrogen and oxygen atoms in total. The zero-order valence-electron chi connectivity index (χ0n) is 13.7. The van der Waals surface area contributed by atoms with E-state index in [0.29, 0.717) is 0 Å². The quantitative estimate of drug-likeness (QED) is 0.874. The van der Waals surface area contributed by atoms with Crippen molar-refractivity contribution in [2.45, 2.75) is 38.8 Å². The van der Waals surface area contributed by atoms with E-state index in [4.69, 9.17) is 9.84 Å². The van der Waals surface area contributed by atoms with Crippen LogP contribution in [0.2, 0.25) is 0 Å². The second kappa shape index (κ2) is 7.15. The third-order valence-corrected chi connectivity index (χ3v) is 2.88. The summed E-state index contributed by atoms with van der Waals surface area (Å²) in [5.41, 5.74) is 1.08. The molecule has 1 aromatic rings. The van der Waals surface area contributed by atoms with Gasteiger partial charge in [0.1, 0.15) is 5.60 Å². The molecular formula is C16H24N2O4. The number of hydrogen-bond acceptors (Lipinski definition) is 4. The monoisotopic (exact) mass is 308 g/mol. The minimum absolute atomic E-state index is 0.208. The van der Waals surface area contributed by atoms with E-state index in [1.165, 1.54) is 0 Å². The highest BCUT2D eigenvalue weighted by molar-refractivity contribution is 5.72. The maximum atomic E-state index is 11.9. The summed E-state index contributed by atoms with van der Waals surface area (Å²) in [5, 5.41) is 11.6. The smallest absolute Gasteiger partial charge is 0.408 e. The van der Waals surface area contributed by atoms with Gasteiger partial charge in [0.05, 0.1) is 12.5 Å². The van der Waals surface area contributed by atoms with Crippen molar-refractivity contribution in [3.8, 4) is 0 Å². The summed E-state index contributed by atoms with van der Waals surface area (Å²) in [5.74, 6) is -0.988. The lowest BCUT2D eigenvalue weighted by atomic mass is 10.0. The molecular weight excluding hydrogens is 284 g/mol. The van der Waals surface area contributed by atoms with Crippen molar-refractivity contribution >= 4 is 17.7 Å². The first-order valence-corrected chi connectivity index (χ1v) is 7.07. The zero-order chi connectivity index (χ0) is 16.9. The van der Waals surface area contributed by atoms with Crippen LogP contribution in [-0.4, -0.2) is 36.9 Å². The van der Waals surface area contributed by atoms with Gasteiger partial charge in [-0.15, -0.1) is 0 Å².